The predicted molar refractivity (Wildman–Crippen MR) is 53.8 cm³/mol. The van der Waals surface area contributed by atoms with Crippen molar-refractivity contribution in [1.29, 1.82) is 0 Å². The van der Waals surface area contributed by atoms with Crippen LogP contribution in [0.1, 0.15) is 17.2 Å². The second kappa shape index (κ2) is 4.72. The fourth-order valence-corrected chi connectivity index (χ4v) is 1.29. The van der Waals surface area contributed by atoms with E-state index in [1.807, 2.05) is 0 Å². The third kappa shape index (κ3) is 2.43. The summed E-state index contributed by atoms with van der Waals surface area (Å²) in [4.78, 5) is 3.45. The summed E-state index contributed by atoms with van der Waals surface area (Å²) >= 11 is 3.81. The van der Waals surface area contributed by atoms with Crippen LogP contribution in [0.25, 0.3) is 0 Å². The second-order valence-electron chi connectivity index (χ2n) is 3.09. The molecule has 1 aromatic rings. The van der Waals surface area contributed by atoms with Gasteiger partial charge >= 0.3 is 0 Å². The molecule has 0 aliphatic rings. The fraction of sp³-hybridized carbons (Fsp3) is 0.444. The molecule has 0 bridgehead atoms. The third-order valence-electron chi connectivity index (χ3n) is 1.87. The molecular formula is C9H12FNO2S. The average molecular weight is 217 g/mol. The van der Waals surface area contributed by atoms with E-state index < -0.39 is 18.2 Å². The number of halogens is 1. The SMILES string of the molecule is Cc1cnc(F)c(C(O)C(O)CS)c1. The van der Waals surface area contributed by atoms with Gasteiger partial charge in [-0.2, -0.15) is 17.0 Å². The van der Waals surface area contributed by atoms with Gasteiger partial charge in [-0.3, -0.25) is 0 Å². The molecule has 14 heavy (non-hydrogen) atoms. The Morgan fingerprint density at radius 3 is 2.79 bits per heavy atom. The summed E-state index contributed by atoms with van der Waals surface area (Å²) in [5.74, 6) is -0.696. The lowest BCUT2D eigenvalue weighted by Crippen LogP contribution is -2.21. The highest BCUT2D eigenvalue weighted by Gasteiger charge is 2.21. The first-order chi connectivity index (χ1) is 6.56. The van der Waals surface area contributed by atoms with E-state index in [-0.39, 0.29) is 11.3 Å². The molecule has 0 aromatic carbocycles. The number of aryl methyl sites for hydroxylation is 1. The van der Waals surface area contributed by atoms with Crippen molar-refractivity contribution in [2.75, 3.05) is 5.75 Å². The number of pyridine rings is 1. The van der Waals surface area contributed by atoms with Crippen LogP contribution >= 0.6 is 12.6 Å². The summed E-state index contributed by atoms with van der Waals surface area (Å²) in [6, 6.07) is 1.46. The molecule has 2 N–H and O–H groups in total. The summed E-state index contributed by atoms with van der Waals surface area (Å²) in [7, 11) is 0. The molecule has 0 spiro atoms. The molecule has 0 aliphatic carbocycles. The van der Waals surface area contributed by atoms with Crippen LogP contribution in [-0.4, -0.2) is 27.1 Å². The Bertz CT molecular complexity index is 322. The zero-order valence-corrected chi connectivity index (χ0v) is 8.58. The summed E-state index contributed by atoms with van der Waals surface area (Å²) in [5.41, 5.74) is 0.735. The van der Waals surface area contributed by atoms with E-state index in [1.54, 1.807) is 6.92 Å². The van der Waals surface area contributed by atoms with Gasteiger partial charge in [-0.15, -0.1) is 0 Å². The van der Waals surface area contributed by atoms with Crippen LogP contribution < -0.4 is 0 Å². The van der Waals surface area contributed by atoms with Gasteiger partial charge in [-0.25, -0.2) is 4.98 Å². The molecule has 1 heterocycles. The summed E-state index contributed by atoms with van der Waals surface area (Å²) in [5, 5.41) is 18.8. The van der Waals surface area contributed by atoms with Crippen LogP contribution in [0, 0.1) is 12.9 Å². The number of aromatic nitrogens is 1. The number of aliphatic hydroxyl groups is 2. The van der Waals surface area contributed by atoms with Gasteiger partial charge in [0.2, 0.25) is 5.95 Å². The maximum absolute atomic E-state index is 13.1. The Morgan fingerprint density at radius 2 is 2.21 bits per heavy atom. The number of hydrogen-bond acceptors (Lipinski definition) is 4. The molecule has 0 saturated heterocycles. The minimum Gasteiger partial charge on any atom is -0.389 e. The van der Waals surface area contributed by atoms with Crippen molar-refractivity contribution >= 4 is 12.6 Å². The lowest BCUT2D eigenvalue weighted by atomic mass is 10.1. The Labute approximate surface area is 87.0 Å². The Balaban J connectivity index is 2.99. The maximum Gasteiger partial charge on any atom is 0.218 e. The van der Waals surface area contributed by atoms with Gasteiger partial charge in [0.25, 0.3) is 0 Å². The van der Waals surface area contributed by atoms with E-state index in [0.29, 0.717) is 0 Å². The number of thiol groups is 1. The smallest absolute Gasteiger partial charge is 0.218 e. The molecule has 0 aliphatic heterocycles. The van der Waals surface area contributed by atoms with Gasteiger partial charge in [0.1, 0.15) is 6.10 Å². The fourth-order valence-electron chi connectivity index (χ4n) is 1.09. The maximum atomic E-state index is 13.1. The molecule has 0 saturated carbocycles. The molecule has 1 aromatic heterocycles. The normalized spacial score (nSPS) is 15.2. The highest BCUT2D eigenvalue weighted by molar-refractivity contribution is 7.80. The summed E-state index contributed by atoms with van der Waals surface area (Å²) in [6.45, 7) is 1.73. The zero-order valence-electron chi connectivity index (χ0n) is 7.68. The number of aliphatic hydroxyl groups excluding tert-OH is 2. The average Bonchev–Trinajstić information content (AvgIpc) is 2.19. The largest absolute Gasteiger partial charge is 0.389 e. The van der Waals surface area contributed by atoms with Gasteiger partial charge in [0.15, 0.2) is 0 Å². The van der Waals surface area contributed by atoms with Crippen molar-refractivity contribution in [3.8, 4) is 0 Å². The van der Waals surface area contributed by atoms with Crippen LogP contribution in [-0.2, 0) is 0 Å². The highest BCUT2D eigenvalue weighted by atomic mass is 32.1. The van der Waals surface area contributed by atoms with Crippen LogP contribution in [0.4, 0.5) is 4.39 Å². The van der Waals surface area contributed by atoms with E-state index in [9.17, 15) is 14.6 Å². The van der Waals surface area contributed by atoms with Crippen LogP contribution in [0.15, 0.2) is 12.3 Å². The molecule has 2 unspecified atom stereocenters. The van der Waals surface area contributed by atoms with E-state index >= 15 is 0 Å². The molecule has 1 rings (SSSR count). The first kappa shape index (κ1) is 11.4. The third-order valence-corrected chi connectivity index (χ3v) is 2.25. The van der Waals surface area contributed by atoms with Crippen molar-refractivity contribution in [2.45, 2.75) is 19.1 Å². The van der Waals surface area contributed by atoms with Crippen molar-refractivity contribution < 1.29 is 14.6 Å². The van der Waals surface area contributed by atoms with E-state index in [0.717, 1.165) is 5.56 Å². The molecule has 78 valence electrons. The van der Waals surface area contributed by atoms with Crippen LogP contribution in [0.2, 0.25) is 0 Å². The van der Waals surface area contributed by atoms with Crippen molar-refractivity contribution in [3.63, 3.8) is 0 Å². The zero-order chi connectivity index (χ0) is 10.7. The van der Waals surface area contributed by atoms with Crippen molar-refractivity contribution in [1.82, 2.24) is 4.98 Å². The number of hydrogen-bond donors (Lipinski definition) is 3. The molecule has 3 nitrogen and oxygen atoms in total. The Morgan fingerprint density at radius 1 is 1.57 bits per heavy atom. The number of rotatable bonds is 3. The highest BCUT2D eigenvalue weighted by Crippen LogP contribution is 2.20. The minimum absolute atomic E-state index is 0.00606. The monoisotopic (exact) mass is 217 g/mol. The molecule has 0 radical (unpaired) electrons. The van der Waals surface area contributed by atoms with Gasteiger partial charge < -0.3 is 10.2 Å². The van der Waals surface area contributed by atoms with Crippen LogP contribution in [0.5, 0.6) is 0 Å². The first-order valence-corrected chi connectivity index (χ1v) is 4.78. The minimum atomic E-state index is -1.28. The topological polar surface area (TPSA) is 53.4 Å². The quantitative estimate of drug-likeness (QED) is 0.520. The van der Waals surface area contributed by atoms with Crippen molar-refractivity contribution in [3.05, 3.63) is 29.3 Å². The predicted octanol–water partition coefficient (Wildman–Crippen LogP) is 0.853. The van der Waals surface area contributed by atoms with E-state index in [2.05, 4.69) is 17.6 Å². The Hall–Kier alpha value is -0.650. The lowest BCUT2D eigenvalue weighted by molar-refractivity contribution is 0.0309. The standard InChI is InChI=1S/C9H12FNO2S/c1-5-2-6(9(10)11-3-5)8(13)7(12)4-14/h2-3,7-8,12-14H,4H2,1H3. The second-order valence-corrected chi connectivity index (χ2v) is 3.45. The van der Waals surface area contributed by atoms with Gasteiger partial charge in [-0.05, 0) is 18.6 Å². The molecular weight excluding hydrogens is 205 g/mol. The summed E-state index contributed by atoms with van der Waals surface area (Å²) in [6.07, 6.45) is -1.00. The molecule has 5 heteroatoms. The summed E-state index contributed by atoms with van der Waals surface area (Å²) < 4.78 is 13.1. The molecule has 2 atom stereocenters. The Kier molecular flexibility index (Phi) is 3.86. The number of nitrogens with zero attached hydrogens (tertiary/aromatic N) is 1. The molecule has 0 amide bonds. The van der Waals surface area contributed by atoms with Gasteiger partial charge in [-0.1, -0.05) is 0 Å². The first-order valence-electron chi connectivity index (χ1n) is 4.15. The van der Waals surface area contributed by atoms with Crippen LogP contribution in [0.3, 0.4) is 0 Å². The van der Waals surface area contributed by atoms with E-state index in [4.69, 9.17) is 0 Å². The van der Waals surface area contributed by atoms with Gasteiger partial charge in [0, 0.05) is 17.5 Å². The molecule has 0 fully saturated rings. The van der Waals surface area contributed by atoms with Crippen molar-refractivity contribution in [2.24, 2.45) is 0 Å². The van der Waals surface area contributed by atoms with Gasteiger partial charge in [0.05, 0.1) is 6.10 Å². The lowest BCUT2D eigenvalue weighted by Gasteiger charge is -2.16. The van der Waals surface area contributed by atoms with E-state index in [1.165, 1.54) is 12.3 Å².